The summed E-state index contributed by atoms with van der Waals surface area (Å²) in [6.07, 6.45) is 2.35. The van der Waals surface area contributed by atoms with E-state index in [4.69, 9.17) is 4.74 Å². The van der Waals surface area contributed by atoms with Gasteiger partial charge in [-0.3, -0.25) is 4.99 Å². The van der Waals surface area contributed by atoms with Gasteiger partial charge in [0.1, 0.15) is 0 Å². The fraction of sp³-hybridized carbons (Fsp3) is 0.435. The molecule has 2 aromatic carbocycles. The molecule has 0 amide bonds. The van der Waals surface area contributed by atoms with Gasteiger partial charge in [0.05, 0.1) is 19.0 Å². The van der Waals surface area contributed by atoms with E-state index >= 15 is 0 Å². The number of hydrogen-bond acceptors (Lipinski definition) is 4. The second kappa shape index (κ2) is 10.6. The molecule has 1 fully saturated rings. The van der Waals surface area contributed by atoms with E-state index in [0.717, 1.165) is 43.2 Å². The van der Waals surface area contributed by atoms with Crippen molar-refractivity contribution in [1.82, 2.24) is 10.2 Å². The van der Waals surface area contributed by atoms with Crippen molar-refractivity contribution in [3.8, 4) is 0 Å². The molecule has 0 aliphatic carbocycles. The highest BCUT2D eigenvalue weighted by molar-refractivity contribution is 7.89. The van der Waals surface area contributed by atoms with Crippen LogP contribution in [0.25, 0.3) is 0 Å². The van der Waals surface area contributed by atoms with Crippen molar-refractivity contribution >= 4 is 15.8 Å². The molecule has 30 heavy (non-hydrogen) atoms. The highest BCUT2D eigenvalue weighted by Crippen LogP contribution is 2.17. The first kappa shape index (κ1) is 22.3. The molecule has 1 N–H and O–H groups in total. The predicted octanol–water partition coefficient (Wildman–Crippen LogP) is 2.85. The monoisotopic (exact) mass is 429 g/mol. The number of sulfone groups is 1. The van der Waals surface area contributed by atoms with Gasteiger partial charge in [-0.05, 0) is 23.1 Å². The van der Waals surface area contributed by atoms with Gasteiger partial charge in [0, 0.05) is 38.9 Å². The highest BCUT2D eigenvalue weighted by Gasteiger charge is 2.24. The normalized spacial score (nSPS) is 17.3. The second-order valence-corrected chi connectivity index (χ2v) is 10.0. The van der Waals surface area contributed by atoms with E-state index in [2.05, 4.69) is 27.3 Å². The van der Waals surface area contributed by atoms with Crippen LogP contribution in [0.1, 0.15) is 23.1 Å². The Hall–Kier alpha value is -2.38. The Morgan fingerprint density at radius 1 is 1.10 bits per heavy atom. The molecule has 0 radical (unpaired) electrons. The number of benzene rings is 2. The Morgan fingerprint density at radius 2 is 1.80 bits per heavy atom. The molecule has 1 atom stereocenters. The summed E-state index contributed by atoms with van der Waals surface area (Å²) in [6.45, 7) is 3.95. The average Bonchev–Trinajstić information content (AvgIpc) is 3.18. The minimum atomic E-state index is -3.01. The highest BCUT2D eigenvalue weighted by atomic mass is 32.2. The van der Waals surface area contributed by atoms with Crippen molar-refractivity contribution in [1.29, 1.82) is 0 Å². The van der Waals surface area contributed by atoms with Gasteiger partial charge in [-0.15, -0.1) is 0 Å². The number of aliphatic imine (C=N–C) groups is 1. The second-order valence-electron chi connectivity index (χ2n) is 7.89. The molecule has 1 aliphatic heterocycles. The lowest BCUT2D eigenvalue weighted by Crippen LogP contribution is -2.39. The summed E-state index contributed by atoms with van der Waals surface area (Å²) >= 11 is 0. The molecule has 2 aromatic rings. The molecular weight excluding hydrogens is 398 g/mol. The maximum atomic E-state index is 11.4. The molecule has 6 nitrogen and oxygen atoms in total. The largest absolute Gasteiger partial charge is 0.376 e. The first-order valence-corrected chi connectivity index (χ1v) is 12.3. The van der Waals surface area contributed by atoms with Crippen LogP contribution in [-0.4, -0.2) is 52.3 Å². The first-order chi connectivity index (χ1) is 14.4. The Labute approximate surface area is 179 Å². The van der Waals surface area contributed by atoms with E-state index < -0.39 is 9.84 Å². The molecule has 0 bridgehead atoms. The third-order valence-corrected chi connectivity index (χ3v) is 6.02. The molecule has 7 heteroatoms. The van der Waals surface area contributed by atoms with Gasteiger partial charge in [0.15, 0.2) is 15.8 Å². The summed E-state index contributed by atoms with van der Waals surface area (Å²) in [5.74, 6) is 1.47. The fourth-order valence-electron chi connectivity index (χ4n) is 3.65. The van der Waals surface area contributed by atoms with Crippen LogP contribution in [0.4, 0.5) is 0 Å². The number of nitrogens with one attached hydrogen (secondary N) is 1. The van der Waals surface area contributed by atoms with Crippen molar-refractivity contribution in [3.05, 3.63) is 71.3 Å². The molecule has 1 saturated heterocycles. The fourth-order valence-corrected chi connectivity index (χ4v) is 4.45. The van der Waals surface area contributed by atoms with Gasteiger partial charge in [0.25, 0.3) is 0 Å². The number of likely N-dealkylation sites (tertiary alicyclic amines) is 1. The third kappa shape index (κ3) is 7.15. The van der Waals surface area contributed by atoms with Crippen molar-refractivity contribution in [2.45, 2.75) is 25.3 Å². The Bertz CT molecular complexity index is 928. The van der Waals surface area contributed by atoms with E-state index in [-0.39, 0.29) is 5.75 Å². The zero-order valence-electron chi connectivity index (χ0n) is 17.8. The smallest absolute Gasteiger partial charge is 0.193 e. The summed E-state index contributed by atoms with van der Waals surface area (Å²) in [7, 11) is -1.21. The molecule has 1 aliphatic rings. The van der Waals surface area contributed by atoms with Gasteiger partial charge >= 0.3 is 0 Å². The van der Waals surface area contributed by atoms with Gasteiger partial charge in [-0.25, -0.2) is 8.42 Å². The lowest BCUT2D eigenvalue weighted by Gasteiger charge is -2.22. The van der Waals surface area contributed by atoms with Crippen LogP contribution >= 0.6 is 0 Å². The summed E-state index contributed by atoms with van der Waals surface area (Å²) in [4.78, 5) is 6.70. The molecule has 1 unspecified atom stereocenters. The lowest BCUT2D eigenvalue weighted by molar-refractivity contribution is 0.0906. The van der Waals surface area contributed by atoms with E-state index in [1.807, 2.05) is 42.5 Å². The van der Waals surface area contributed by atoms with Gasteiger partial charge in [-0.1, -0.05) is 54.6 Å². The van der Waals surface area contributed by atoms with Crippen LogP contribution in [0.2, 0.25) is 0 Å². The molecule has 0 saturated carbocycles. The summed E-state index contributed by atoms with van der Waals surface area (Å²) in [6, 6.07) is 17.9. The average molecular weight is 430 g/mol. The van der Waals surface area contributed by atoms with E-state index in [9.17, 15) is 8.42 Å². The van der Waals surface area contributed by atoms with Crippen molar-refractivity contribution in [3.63, 3.8) is 0 Å². The quantitative estimate of drug-likeness (QED) is 0.516. The van der Waals surface area contributed by atoms with Crippen molar-refractivity contribution < 1.29 is 13.2 Å². The van der Waals surface area contributed by atoms with E-state index in [1.54, 1.807) is 7.05 Å². The zero-order chi connectivity index (χ0) is 21.4. The summed E-state index contributed by atoms with van der Waals surface area (Å²) < 4.78 is 28.7. The summed E-state index contributed by atoms with van der Waals surface area (Å²) in [5, 5.41) is 3.41. The maximum absolute atomic E-state index is 11.4. The van der Waals surface area contributed by atoms with Crippen molar-refractivity contribution in [2.75, 3.05) is 33.0 Å². The number of rotatable bonds is 8. The Balaban J connectivity index is 1.43. The maximum Gasteiger partial charge on any atom is 0.193 e. The third-order valence-electron chi connectivity index (χ3n) is 5.16. The standard InChI is InChI=1S/C23H31N3O3S/c1-24-23(25-14-19-8-10-21(11-9-19)18-30(2,27)28)26-13-12-22(15-26)17-29-16-20-6-4-3-5-7-20/h3-11,22H,12-18H2,1-2H3,(H,24,25). The van der Waals surface area contributed by atoms with Crippen molar-refractivity contribution in [2.24, 2.45) is 10.9 Å². The SMILES string of the molecule is CN=C(NCc1ccc(CS(C)(=O)=O)cc1)N1CCC(COCc2ccccc2)C1. The molecule has 0 aromatic heterocycles. The van der Waals surface area contributed by atoms with Crippen LogP contribution in [0, 0.1) is 5.92 Å². The van der Waals surface area contributed by atoms with Crippen LogP contribution in [0.5, 0.6) is 0 Å². The molecule has 0 spiro atoms. The number of hydrogen-bond donors (Lipinski definition) is 1. The molecule has 1 heterocycles. The zero-order valence-corrected chi connectivity index (χ0v) is 18.6. The molecule has 3 rings (SSSR count). The van der Waals surface area contributed by atoms with E-state index in [0.29, 0.717) is 19.1 Å². The van der Waals surface area contributed by atoms with Gasteiger partial charge < -0.3 is 15.0 Å². The Kier molecular flexibility index (Phi) is 7.87. The van der Waals surface area contributed by atoms with E-state index in [1.165, 1.54) is 11.8 Å². The topological polar surface area (TPSA) is 71.0 Å². The van der Waals surface area contributed by atoms with Gasteiger partial charge in [-0.2, -0.15) is 0 Å². The molecular formula is C23H31N3O3S. The van der Waals surface area contributed by atoms with Crippen LogP contribution in [0.3, 0.4) is 0 Å². The lowest BCUT2D eigenvalue weighted by atomic mass is 10.1. The minimum Gasteiger partial charge on any atom is -0.376 e. The predicted molar refractivity (Wildman–Crippen MR) is 121 cm³/mol. The number of nitrogens with zero attached hydrogens (tertiary/aromatic N) is 2. The molecule has 162 valence electrons. The van der Waals surface area contributed by atoms with Crippen LogP contribution < -0.4 is 5.32 Å². The first-order valence-electron chi connectivity index (χ1n) is 10.3. The number of ether oxygens (including phenoxy) is 1. The minimum absolute atomic E-state index is 0.0733. The number of guanidine groups is 1. The summed E-state index contributed by atoms with van der Waals surface area (Å²) in [5.41, 5.74) is 3.10. The van der Waals surface area contributed by atoms with Gasteiger partial charge in [0.2, 0.25) is 0 Å². The Morgan fingerprint density at radius 3 is 2.47 bits per heavy atom. The van der Waals surface area contributed by atoms with Crippen LogP contribution in [-0.2, 0) is 33.5 Å². The van der Waals surface area contributed by atoms with Crippen LogP contribution in [0.15, 0.2) is 59.6 Å².